The number of amides is 1. The number of aromatic nitrogens is 3. The Morgan fingerprint density at radius 3 is 2.67 bits per heavy atom. The zero-order valence-corrected chi connectivity index (χ0v) is 13.1. The van der Waals surface area contributed by atoms with Crippen LogP contribution in [0.25, 0.3) is 0 Å². The summed E-state index contributed by atoms with van der Waals surface area (Å²) < 4.78 is 7.30. The van der Waals surface area contributed by atoms with Crippen LogP contribution >= 0.6 is 11.8 Å². The second-order valence-corrected chi connectivity index (χ2v) is 6.70. The Kier molecular flexibility index (Phi) is 4.08. The molecule has 1 saturated carbocycles. The van der Waals surface area contributed by atoms with E-state index in [9.17, 15) is 9.59 Å². The highest BCUT2D eigenvalue weighted by Gasteiger charge is 2.30. The van der Waals surface area contributed by atoms with E-state index < -0.39 is 0 Å². The average molecular weight is 312 g/mol. The van der Waals surface area contributed by atoms with E-state index in [2.05, 4.69) is 10.2 Å². The van der Waals surface area contributed by atoms with Crippen molar-refractivity contribution in [2.45, 2.75) is 50.1 Å². The lowest BCUT2D eigenvalue weighted by molar-refractivity contribution is -0.140. The molecule has 21 heavy (non-hydrogen) atoms. The predicted octanol–water partition coefficient (Wildman–Crippen LogP) is 0.634. The van der Waals surface area contributed by atoms with E-state index in [1.54, 1.807) is 4.57 Å². The molecule has 0 unspecified atom stereocenters. The zero-order chi connectivity index (χ0) is 15.0. The first kappa shape index (κ1) is 14.6. The summed E-state index contributed by atoms with van der Waals surface area (Å²) >= 11 is 1.33. The Labute approximate surface area is 127 Å². The third kappa shape index (κ3) is 3.32. The van der Waals surface area contributed by atoms with Crippen LogP contribution in [-0.2, 0) is 9.53 Å². The molecule has 0 radical (unpaired) electrons. The highest BCUT2D eigenvalue weighted by Crippen LogP contribution is 2.36. The van der Waals surface area contributed by atoms with Crippen molar-refractivity contribution in [1.82, 2.24) is 19.7 Å². The first-order valence-corrected chi connectivity index (χ1v) is 8.26. The van der Waals surface area contributed by atoms with Crippen LogP contribution in [0, 0.1) is 0 Å². The Hall–Kier alpha value is -1.28. The summed E-state index contributed by atoms with van der Waals surface area (Å²) in [5.41, 5.74) is -0.180. The number of carbonyl (C=O) groups excluding carboxylic acids is 1. The van der Waals surface area contributed by atoms with Crippen LogP contribution in [-0.4, -0.2) is 56.6 Å². The van der Waals surface area contributed by atoms with Gasteiger partial charge in [0.25, 0.3) is 0 Å². The molecule has 7 nitrogen and oxygen atoms in total. The van der Waals surface area contributed by atoms with E-state index in [-0.39, 0.29) is 29.8 Å². The lowest BCUT2D eigenvalue weighted by Crippen LogP contribution is -2.48. The SMILES string of the molecule is C[C@@H]1CN(C(=O)CSc2n[nH]c(=O)n2C2CC2)C[C@@H](C)O1. The van der Waals surface area contributed by atoms with Crippen molar-refractivity contribution in [3.8, 4) is 0 Å². The van der Waals surface area contributed by atoms with E-state index in [1.165, 1.54) is 11.8 Å². The molecular formula is C13H20N4O3S. The van der Waals surface area contributed by atoms with Gasteiger partial charge in [0.1, 0.15) is 0 Å². The number of hydrogen-bond donors (Lipinski definition) is 1. The van der Waals surface area contributed by atoms with Crippen LogP contribution in [0.15, 0.2) is 9.95 Å². The molecule has 1 aromatic heterocycles. The van der Waals surface area contributed by atoms with Gasteiger partial charge in [0.05, 0.1) is 18.0 Å². The Morgan fingerprint density at radius 2 is 2.05 bits per heavy atom. The number of nitrogens with one attached hydrogen (secondary N) is 1. The Morgan fingerprint density at radius 1 is 1.38 bits per heavy atom. The third-order valence-electron chi connectivity index (χ3n) is 3.68. The second-order valence-electron chi connectivity index (χ2n) is 5.76. The molecule has 1 saturated heterocycles. The van der Waals surface area contributed by atoms with Crippen molar-refractivity contribution in [2.24, 2.45) is 0 Å². The van der Waals surface area contributed by atoms with Gasteiger partial charge < -0.3 is 9.64 Å². The summed E-state index contributed by atoms with van der Waals surface area (Å²) in [5, 5.41) is 7.10. The van der Waals surface area contributed by atoms with Gasteiger partial charge in [-0.25, -0.2) is 9.89 Å². The average Bonchev–Trinajstić information content (AvgIpc) is 3.19. The molecule has 2 heterocycles. The van der Waals surface area contributed by atoms with E-state index in [1.807, 2.05) is 18.7 Å². The fourth-order valence-electron chi connectivity index (χ4n) is 2.65. The van der Waals surface area contributed by atoms with Gasteiger partial charge >= 0.3 is 5.69 Å². The Balaban J connectivity index is 1.60. The minimum absolute atomic E-state index is 0.0673. The van der Waals surface area contributed by atoms with Crippen molar-refractivity contribution < 1.29 is 9.53 Å². The van der Waals surface area contributed by atoms with Crippen LogP contribution < -0.4 is 5.69 Å². The number of ether oxygens (including phenoxy) is 1. The van der Waals surface area contributed by atoms with Crippen LogP contribution in [0.4, 0.5) is 0 Å². The molecule has 1 aliphatic heterocycles. The molecule has 3 rings (SSSR count). The molecule has 1 N–H and O–H groups in total. The first-order valence-electron chi connectivity index (χ1n) is 7.27. The smallest absolute Gasteiger partial charge is 0.344 e. The van der Waals surface area contributed by atoms with Crippen LogP contribution in [0.1, 0.15) is 32.7 Å². The second kappa shape index (κ2) is 5.84. The van der Waals surface area contributed by atoms with Gasteiger partial charge in [0.15, 0.2) is 5.16 Å². The Bertz CT molecular complexity index is 570. The minimum atomic E-state index is -0.180. The van der Waals surface area contributed by atoms with Crippen molar-refractivity contribution in [3.05, 3.63) is 10.5 Å². The monoisotopic (exact) mass is 312 g/mol. The number of thioether (sulfide) groups is 1. The molecule has 8 heteroatoms. The predicted molar refractivity (Wildman–Crippen MR) is 78.4 cm³/mol. The summed E-state index contributed by atoms with van der Waals surface area (Å²) in [5.74, 6) is 0.371. The van der Waals surface area contributed by atoms with E-state index in [0.717, 1.165) is 12.8 Å². The molecule has 116 valence electrons. The normalized spacial score (nSPS) is 26.1. The summed E-state index contributed by atoms with van der Waals surface area (Å²) in [6.45, 7) is 5.20. The van der Waals surface area contributed by atoms with Crippen molar-refractivity contribution in [1.29, 1.82) is 0 Å². The fraction of sp³-hybridized carbons (Fsp3) is 0.769. The summed E-state index contributed by atoms with van der Waals surface area (Å²) in [6, 6.07) is 0.261. The molecule has 0 aromatic carbocycles. The fourth-order valence-corrected chi connectivity index (χ4v) is 3.56. The maximum absolute atomic E-state index is 12.3. The number of carbonyl (C=O) groups is 1. The number of nitrogens with zero attached hydrogens (tertiary/aromatic N) is 3. The van der Waals surface area contributed by atoms with Gasteiger partial charge in [-0.3, -0.25) is 9.36 Å². The molecule has 2 aliphatic rings. The van der Waals surface area contributed by atoms with Crippen molar-refractivity contribution >= 4 is 17.7 Å². The molecule has 1 aromatic rings. The van der Waals surface area contributed by atoms with Gasteiger partial charge in [-0.05, 0) is 26.7 Å². The molecule has 0 spiro atoms. The number of H-pyrrole nitrogens is 1. The third-order valence-corrected chi connectivity index (χ3v) is 4.62. The van der Waals surface area contributed by atoms with E-state index in [4.69, 9.17) is 4.74 Å². The number of hydrogen-bond acceptors (Lipinski definition) is 5. The van der Waals surface area contributed by atoms with E-state index >= 15 is 0 Å². The van der Waals surface area contributed by atoms with Gasteiger partial charge in [-0.1, -0.05) is 11.8 Å². The number of rotatable bonds is 4. The van der Waals surface area contributed by atoms with Gasteiger partial charge in [-0.2, -0.15) is 0 Å². The highest BCUT2D eigenvalue weighted by atomic mass is 32.2. The van der Waals surface area contributed by atoms with Crippen LogP contribution in [0.5, 0.6) is 0 Å². The maximum Gasteiger partial charge on any atom is 0.344 e. The molecule has 0 bridgehead atoms. The lowest BCUT2D eigenvalue weighted by atomic mass is 10.2. The zero-order valence-electron chi connectivity index (χ0n) is 12.2. The first-order chi connectivity index (χ1) is 10.0. The minimum Gasteiger partial charge on any atom is -0.372 e. The van der Waals surface area contributed by atoms with Crippen molar-refractivity contribution in [2.75, 3.05) is 18.8 Å². The summed E-state index contributed by atoms with van der Waals surface area (Å²) in [6.07, 6.45) is 2.16. The van der Waals surface area contributed by atoms with Crippen molar-refractivity contribution in [3.63, 3.8) is 0 Å². The molecule has 1 aliphatic carbocycles. The number of morpholine rings is 1. The highest BCUT2D eigenvalue weighted by molar-refractivity contribution is 7.99. The molecule has 2 atom stereocenters. The summed E-state index contributed by atoms with van der Waals surface area (Å²) in [4.78, 5) is 25.8. The molecule has 1 amide bonds. The van der Waals surface area contributed by atoms with Crippen LogP contribution in [0.3, 0.4) is 0 Å². The topological polar surface area (TPSA) is 80.2 Å². The standard InChI is InChI=1S/C13H20N4O3S/c1-8-5-16(6-9(2)20-8)11(18)7-21-13-15-14-12(19)17(13)10-3-4-10/h8-10H,3-7H2,1-2H3,(H,14,19)/t8-,9-/m1/s1. The number of aromatic amines is 1. The maximum atomic E-state index is 12.3. The van der Waals surface area contributed by atoms with Gasteiger partial charge in [0.2, 0.25) is 5.91 Å². The molecule has 2 fully saturated rings. The quantitative estimate of drug-likeness (QED) is 0.825. The van der Waals surface area contributed by atoms with E-state index in [0.29, 0.717) is 24.0 Å². The van der Waals surface area contributed by atoms with Gasteiger partial charge in [0, 0.05) is 19.1 Å². The lowest BCUT2D eigenvalue weighted by Gasteiger charge is -2.35. The van der Waals surface area contributed by atoms with Crippen LogP contribution in [0.2, 0.25) is 0 Å². The molecular weight excluding hydrogens is 292 g/mol. The summed E-state index contributed by atoms with van der Waals surface area (Å²) in [7, 11) is 0. The largest absolute Gasteiger partial charge is 0.372 e. The van der Waals surface area contributed by atoms with Gasteiger partial charge in [-0.15, -0.1) is 5.10 Å².